The summed E-state index contributed by atoms with van der Waals surface area (Å²) in [7, 11) is 3.49. The summed E-state index contributed by atoms with van der Waals surface area (Å²) in [6, 6.07) is 7.89. The fourth-order valence-electron chi connectivity index (χ4n) is 1.80. The van der Waals surface area contributed by atoms with Gasteiger partial charge in [-0.05, 0) is 40.3 Å². The van der Waals surface area contributed by atoms with Gasteiger partial charge in [0.1, 0.15) is 5.69 Å². The van der Waals surface area contributed by atoms with E-state index in [9.17, 15) is 0 Å². The van der Waals surface area contributed by atoms with Crippen LogP contribution >= 0.6 is 22.6 Å². The van der Waals surface area contributed by atoms with Crippen LogP contribution in [0.3, 0.4) is 0 Å². The normalized spacial score (nSPS) is 12.5. The van der Waals surface area contributed by atoms with E-state index in [1.54, 1.807) is 18.0 Å². The zero-order valence-corrected chi connectivity index (χ0v) is 11.9. The van der Waals surface area contributed by atoms with Crippen molar-refractivity contribution in [3.8, 4) is 5.75 Å². The first-order chi connectivity index (χ1) is 8.13. The molecular weight excluding hydrogens is 329 g/mol. The molecule has 0 saturated heterocycles. The van der Waals surface area contributed by atoms with Crippen LogP contribution in [-0.2, 0) is 7.05 Å². The largest absolute Gasteiger partial charge is 0.493 e. The van der Waals surface area contributed by atoms with Gasteiger partial charge >= 0.3 is 0 Å². The molecule has 2 rings (SSSR count). The van der Waals surface area contributed by atoms with Crippen molar-refractivity contribution in [1.29, 1.82) is 0 Å². The highest BCUT2D eigenvalue weighted by Crippen LogP contribution is 2.28. The number of ether oxygens (including phenoxy) is 1. The third-order valence-electron chi connectivity index (χ3n) is 2.67. The minimum absolute atomic E-state index is 0.229. The first kappa shape index (κ1) is 12.4. The van der Waals surface area contributed by atoms with Crippen molar-refractivity contribution in [2.75, 3.05) is 7.11 Å². The van der Waals surface area contributed by atoms with Crippen LogP contribution < -0.4 is 10.5 Å². The summed E-state index contributed by atoms with van der Waals surface area (Å²) in [5.74, 6) is 0.721. The van der Waals surface area contributed by atoms with E-state index in [1.165, 1.54) is 0 Å². The lowest BCUT2D eigenvalue weighted by atomic mass is 10.0. The zero-order chi connectivity index (χ0) is 12.4. The van der Waals surface area contributed by atoms with Crippen LogP contribution in [0.5, 0.6) is 5.75 Å². The van der Waals surface area contributed by atoms with E-state index in [2.05, 4.69) is 33.8 Å². The Morgan fingerprint density at radius 1 is 1.47 bits per heavy atom. The Hall–Kier alpha value is -1.08. The van der Waals surface area contributed by atoms with Crippen molar-refractivity contribution in [3.63, 3.8) is 0 Å². The molecule has 5 heteroatoms. The highest BCUT2D eigenvalue weighted by molar-refractivity contribution is 14.1. The van der Waals surface area contributed by atoms with E-state index in [0.717, 1.165) is 20.6 Å². The number of rotatable bonds is 3. The molecule has 0 saturated carbocycles. The molecule has 90 valence electrons. The molecule has 4 nitrogen and oxygen atoms in total. The summed E-state index contributed by atoms with van der Waals surface area (Å²) in [5.41, 5.74) is 8.20. The Morgan fingerprint density at radius 2 is 2.24 bits per heavy atom. The van der Waals surface area contributed by atoms with E-state index in [1.807, 2.05) is 25.2 Å². The van der Waals surface area contributed by atoms with E-state index in [-0.39, 0.29) is 6.04 Å². The molecule has 0 aliphatic heterocycles. The maximum absolute atomic E-state index is 6.26. The molecule has 0 aliphatic carbocycles. The third kappa shape index (κ3) is 2.44. The van der Waals surface area contributed by atoms with Crippen LogP contribution in [-0.4, -0.2) is 16.9 Å². The standard InChI is InChI=1S/C12H14IN3O/c1-16-12(10(17-2)7-15-16)11(14)8-4-3-5-9(13)6-8/h3-7,11H,14H2,1-2H3. The molecule has 17 heavy (non-hydrogen) atoms. The Morgan fingerprint density at radius 3 is 2.88 bits per heavy atom. The van der Waals surface area contributed by atoms with Gasteiger partial charge in [-0.1, -0.05) is 12.1 Å². The molecule has 0 radical (unpaired) electrons. The monoisotopic (exact) mass is 343 g/mol. The van der Waals surface area contributed by atoms with Crippen molar-refractivity contribution < 1.29 is 4.74 Å². The number of nitrogens with zero attached hydrogens (tertiary/aromatic N) is 2. The van der Waals surface area contributed by atoms with Crippen molar-refractivity contribution in [3.05, 3.63) is 45.3 Å². The lowest BCUT2D eigenvalue weighted by Gasteiger charge is -2.14. The number of methoxy groups -OCH3 is 1. The predicted octanol–water partition coefficient (Wildman–Crippen LogP) is 2.08. The lowest BCUT2D eigenvalue weighted by Crippen LogP contribution is -2.17. The molecule has 2 aromatic rings. The van der Waals surface area contributed by atoms with E-state index >= 15 is 0 Å². The zero-order valence-electron chi connectivity index (χ0n) is 9.72. The van der Waals surface area contributed by atoms with Crippen LogP contribution in [0.25, 0.3) is 0 Å². The fourth-order valence-corrected chi connectivity index (χ4v) is 2.36. The molecule has 0 fully saturated rings. The molecule has 0 spiro atoms. The van der Waals surface area contributed by atoms with Gasteiger partial charge in [-0.3, -0.25) is 4.68 Å². The summed E-state index contributed by atoms with van der Waals surface area (Å²) in [6.45, 7) is 0. The number of hydrogen-bond donors (Lipinski definition) is 1. The fraction of sp³-hybridized carbons (Fsp3) is 0.250. The molecule has 1 atom stereocenters. The van der Waals surface area contributed by atoms with E-state index in [0.29, 0.717) is 0 Å². The average molecular weight is 343 g/mol. The minimum atomic E-state index is -0.229. The Bertz CT molecular complexity index is 524. The SMILES string of the molecule is COc1cnn(C)c1C(N)c1cccc(I)c1. The summed E-state index contributed by atoms with van der Waals surface area (Å²) in [5, 5.41) is 4.17. The van der Waals surface area contributed by atoms with Gasteiger partial charge in [0.25, 0.3) is 0 Å². The first-order valence-corrected chi connectivity index (χ1v) is 6.28. The lowest BCUT2D eigenvalue weighted by molar-refractivity contribution is 0.406. The summed E-state index contributed by atoms with van der Waals surface area (Å²) in [6.07, 6.45) is 1.68. The predicted molar refractivity (Wildman–Crippen MR) is 74.9 cm³/mol. The molecule has 1 unspecified atom stereocenters. The highest BCUT2D eigenvalue weighted by atomic mass is 127. The minimum Gasteiger partial charge on any atom is -0.493 e. The van der Waals surface area contributed by atoms with Crippen molar-refractivity contribution in [1.82, 2.24) is 9.78 Å². The maximum Gasteiger partial charge on any atom is 0.161 e. The van der Waals surface area contributed by atoms with Gasteiger partial charge < -0.3 is 10.5 Å². The third-order valence-corrected chi connectivity index (χ3v) is 3.34. The number of halogens is 1. The van der Waals surface area contributed by atoms with Crippen LogP contribution in [0.15, 0.2) is 30.5 Å². The Kier molecular flexibility index (Phi) is 3.68. The summed E-state index contributed by atoms with van der Waals surface area (Å²) in [4.78, 5) is 0. The topological polar surface area (TPSA) is 53.1 Å². The van der Waals surface area contributed by atoms with Crippen LogP contribution in [0, 0.1) is 3.57 Å². The second kappa shape index (κ2) is 5.05. The van der Waals surface area contributed by atoms with Gasteiger partial charge in [0.15, 0.2) is 5.75 Å². The van der Waals surface area contributed by atoms with Crippen LogP contribution in [0.1, 0.15) is 17.3 Å². The van der Waals surface area contributed by atoms with Crippen molar-refractivity contribution >= 4 is 22.6 Å². The second-order valence-corrected chi connectivity index (χ2v) is 5.00. The Labute approximate surface area is 114 Å². The maximum atomic E-state index is 6.26. The molecule has 1 aromatic heterocycles. The Balaban J connectivity index is 2.43. The van der Waals surface area contributed by atoms with E-state index in [4.69, 9.17) is 10.5 Å². The summed E-state index contributed by atoms with van der Waals surface area (Å²) < 4.78 is 8.19. The molecule has 0 amide bonds. The number of aryl methyl sites for hydroxylation is 1. The molecule has 0 bridgehead atoms. The number of nitrogens with two attached hydrogens (primary N) is 1. The molecular formula is C12H14IN3O. The van der Waals surface area contributed by atoms with Crippen LogP contribution in [0.4, 0.5) is 0 Å². The van der Waals surface area contributed by atoms with Gasteiger partial charge in [-0.15, -0.1) is 0 Å². The first-order valence-electron chi connectivity index (χ1n) is 5.20. The van der Waals surface area contributed by atoms with Gasteiger partial charge in [-0.25, -0.2) is 0 Å². The summed E-state index contributed by atoms with van der Waals surface area (Å²) >= 11 is 2.27. The van der Waals surface area contributed by atoms with Crippen molar-refractivity contribution in [2.24, 2.45) is 12.8 Å². The van der Waals surface area contributed by atoms with Gasteiger partial charge in [-0.2, -0.15) is 5.10 Å². The molecule has 0 aliphatic rings. The smallest absolute Gasteiger partial charge is 0.161 e. The van der Waals surface area contributed by atoms with Crippen LogP contribution in [0.2, 0.25) is 0 Å². The molecule has 1 heterocycles. The number of benzene rings is 1. The van der Waals surface area contributed by atoms with E-state index < -0.39 is 0 Å². The number of hydrogen-bond acceptors (Lipinski definition) is 3. The number of aromatic nitrogens is 2. The average Bonchev–Trinajstić information content (AvgIpc) is 2.69. The highest BCUT2D eigenvalue weighted by Gasteiger charge is 2.18. The van der Waals surface area contributed by atoms with Crippen molar-refractivity contribution in [2.45, 2.75) is 6.04 Å². The molecule has 2 N–H and O–H groups in total. The van der Waals surface area contributed by atoms with Gasteiger partial charge in [0, 0.05) is 10.6 Å². The second-order valence-electron chi connectivity index (χ2n) is 3.75. The van der Waals surface area contributed by atoms with Gasteiger partial charge in [0.2, 0.25) is 0 Å². The quantitative estimate of drug-likeness (QED) is 0.869. The van der Waals surface area contributed by atoms with Gasteiger partial charge in [0.05, 0.1) is 19.3 Å². The molecule has 1 aromatic carbocycles.